The highest BCUT2D eigenvalue weighted by Crippen LogP contribution is 2.24. The third-order valence-electron chi connectivity index (χ3n) is 3.83. The minimum absolute atomic E-state index is 0.0455. The molecule has 0 bridgehead atoms. The molecule has 2 rings (SSSR count). The van der Waals surface area contributed by atoms with Gasteiger partial charge >= 0.3 is 0 Å². The lowest BCUT2D eigenvalue weighted by atomic mass is 9.84. The van der Waals surface area contributed by atoms with Crippen molar-refractivity contribution in [3.8, 4) is 0 Å². The fourth-order valence-corrected chi connectivity index (χ4v) is 4.05. The molecule has 2 N–H and O–H groups in total. The quantitative estimate of drug-likeness (QED) is 0.690. The first-order chi connectivity index (χ1) is 12.3. The Balaban J connectivity index is 2.07. The van der Waals surface area contributed by atoms with Crippen LogP contribution < -0.4 is 10.0 Å². The topological polar surface area (TPSA) is 88.4 Å². The number of hydrogen-bond acceptors (Lipinski definition) is 4. The molecule has 1 amide bonds. The standard InChI is InChI=1S/C19H25BrN2O4S/c1-18(2,3)22-27(24,25)16-11-10-15(26-16)17(23)21-12-19(4,5)13-6-8-14(20)9-7-13/h6-11,22H,12H2,1-5H3,(H,21,23). The van der Waals surface area contributed by atoms with Crippen LogP contribution in [0.4, 0.5) is 0 Å². The highest BCUT2D eigenvalue weighted by atomic mass is 79.9. The Morgan fingerprint density at radius 1 is 1.04 bits per heavy atom. The molecular weight excluding hydrogens is 432 g/mol. The fourth-order valence-electron chi connectivity index (χ4n) is 2.43. The minimum Gasteiger partial charge on any atom is -0.438 e. The first-order valence-electron chi connectivity index (χ1n) is 8.48. The van der Waals surface area contributed by atoms with E-state index in [0.717, 1.165) is 10.0 Å². The molecule has 148 valence electrons. The number of nitrogens with one attached hydrogen (secondary N) is 2. The molecule has 0 unspecified atom stereocenters. The molecule has 1 heterocycles. The van der Waals surface area contributed by atoms with Crippen molar-refractivity contribution in [2.24, 2.45) is 0 Å². The molecule has 0 saturated carbocycles. The van der Waals surface area contributed by atoms with Gasteiger partial charge < -0.3 is 9.73 Å². The monoisotopic (exact) mass is 456 g/mol. The van der Waals surface area contributed by atoms with Crippen LogP contribution in [0.3, 0.4) is 0 Å². The number of carbonyl (C=O) groups excluding carboxylic acids is 1. The van der Waals surface area contributed by atoms with Gasteiger partial charge in [0.2, 0.25) is 5.09 Å². The Hall–Kier alpha value is -1.64. The van der Waals surface area contributed by atoms with Crippen molar-refractivity contribution in [1.29, 1.82) is 0 Å². The molecule has 0 aliphatic carbocycles. The maximum Gasteiger partial charge on any atom is 0.287 e. The van der Waals surface area contributed by atoms with Gasteiger partial charge in [-0.25, -0.2) is 13.1 Å². The van der Waals surface area contributed by atoms with E-state index >= 15 is 0 Å². The van der Waals surface area contributed by atoms with Crippen LogP contribution in [0.25, 0.3) is 0 Å². The van der Waals surface area contributed by atoms with Crippen LogP contribution in [0.5, 0.6) is 0 Å². The Morgan fingerprint density at radius 2 is 1.63 bits per heavy atom. The summed E-state index contributed by atoms with van der Waals surface area (Å²) in [4.78, 5) is 12.4. The number of rotatable bonds is 6. The van der Waals surface area contributed by atoms with Gasteiger partial charge in [-0.05, 0) is 50.6 Å². The molecule has 2 aromatic rings. The van der Waals surface area contributed by atoms with Crippen molar-refractivity contribution in [1.82, 2.24) is 10.0 Å². The second-order valence-electron chi connectivity index (χ2n) is 8.05. The number of furan rings is 1. The van der Waals surface area contributed by atoms with E-state index in [0.29, 0.717) is 6.54 Å². The van der Waals surface area contributed by atoms with Gasteiger partial charge in [0, 0.05) is 22.0 Å². The van der Waals surface area contributed by atoms with Crippen LogP contribution in [0.1, 0.15) is 50.7 Å². The molecule has 0 aliphatic heterocycles. The predicted octanol–water partition coefficient (Wildman–Crippen LogP) is 3.83. The maximum absolute atomic E-state index is 12.4. The van der Waals surface area contributed by atoms with E-state index < -0.39 is 21.5 Å². The van der Waals surface area contributed by atoms with Crippen molar-refractivity contribution >= 4 is 31.9 Å². The molecule has 0 atom stereocenters. The molecule has 0 radical (unpaired) electrons. The molecule has 0 spiro atoms. The van der Waals surface area contributed by atoms with Crippen LogP contribution in [-0.2, 0) is 15.4 Å². The molecule has 8 heteroatoms. The van der Waals surface area contributed by atoms with Crippen LogP contribution in [0.2, 0.25) is 0 Å². The molecular formula is C19H25BrN2O4S. The van der Waals surface area contributed by atoms with Gasteiger partial charge in [-0.2, -0.15) is 0 Å². The Kier molecular flexibility index (Phi) is 6.23. The smallest absolute Gasteiger partial charge is 0.287 e. The summed E-state index contributed by atoms with van der Waals surface area (Å²) in [5, 5.41) is 2.52. The first kappa shape index (κ1) is 21.7. The molecule has 0 aliphatic rings. The summed E-state index contributed by atoms with van der Waals surface area (Å²) in [5.41, 5.74) is 0.122. The summed E-state index contributed by atoms with van der Waals surface area (Å²) in [7, 11) is -3.82. The summed E-state index contributed by atoms with van der Waals surface area (Å²) in [6.07, 6.45) is 0. The second kappa shape index (κ2) is 7.77. The summed E-state index contributed by atoms with van der Waals surface area (Å²) in [6.45, 7) is 9.59. The molecule has 1 aromatic carbocycles. The number of hydrogen-bond donors (Lipinski definition) is 2. The third-order valence-corrected chi connectivity index (χ3v) is 5.99. The number of benzene rings is 1. The van der Waals surface area contributed by atoms with Crippen molar-refractivity contribution in [2.45, 2.75) is 50.7 Å². The van der Waals surface area contributed by atoms with E-state index in [1.165, 1.54) is 12.1 Å². The third kappa shape index (κ3) is 5.92. The van der Waals surface area contributed by atoms with E-state index in [1.807, 2.05) is 38.1 Å². The maximum atomic E-state index is 12.4. The van der Waals surface area contributed by atoms with E-state index in [-0.39, 0.29) is 16.3 Å². The number of halogens is 1. The summed E-state index contributed by atoms with van der Waals surface area (Å²) < 4.78 is 33.3. The van der Waals surface area contributed by atoms with E-state index in [4.69, 9.17) is 4.42 Å². The van der Waals surface area contributed by atoms with Crippen molar-refractivity contribution in [2.75, 3.05) is 6.54 Å². The van der Waals surface area contributed by atoms with Crippen LogP contribution in [0.15, 0.2) is 50.4 Å². The van der Waals surface area contributed by atoms with E-state index in [9.17, 15) is 13.2 Å². The SMILES string of the molecule is CC(C)(C)NS(=O)(=O)c1ccc(C(=O)NCC(C)(C)c2ccc(Br)cc2)o1. The zero-order chi connectivity index (χ0) is 20.5. The van der Waals surface area contributed by atoms with E-state index in [2.05, 4.69) is 26.0 Å². The Bertz CT molecular complexity index is 910. The lowest BCUT2D eigenvalue weighted by molar-refractivity contribution is 0.0912. The lowest BCUT2D eigenvalue weighted by Gasteiger charge is -2.25. The van der Waals surface area contributed by atoms with Gasteiger partial charge in [-0.1, -0.05) is 41.9 Å². The number of carbonyl (C=O) groups is 1. The number of amides is 1. The van der Waals surface area contributed by atoms with Crippen LogP contribution in [-0.4, -0.2) is 26.4 Å². The van der Waals surface area contributed by atoms with Crippen molar-refractivity contribution < 1.29 is 17.6 Å². The average molecular weight is 457 g/mol. The predicted molar refractivity (Wildman–Crippen MR) is 108 cm³/mol. The highest BCUT2D eigenvalue weighted by molar-refractivity contribution is 9.10. The normalized spacial score (nSPS) is 12.8. The molecule has 0 saturated heterocycles. The lowest BCUT2D eigenvalue weighted by Crippen LogP contribution is -2.40. The van der Waals surface area contributed by atoms with Crippen LogP contribution >= 0.6 is 15.9 Å². The van der Waals surface area contributed by atoms with Crippen molar-refractivity contribution in [3.05, 3.63) is 52.2 Å². The molecule has 1 aromatic heterocycles. The second-order valence-corrected chi connectivity index (χ2v) is 10.6. The average Bonchev–Trinajstić information content (AvgIpc) is 3.02. The van der Waals surface area contributed by atoms with Gasteiger partial charge in [-0.3, -0.25) is 4.79 Å². The summed E-state index contributed by atoms with van der Waals surface area (Å²) in [6, 6.07) is 10.5. The van der Waals surface area contributed by atoms with Gasteiger partial charge in [-0.15, -0.1) is 0 Å². The van der Waals surface area contributed by atoms with Gasteiger partial charge in [0.25, 0.3) is 15.9 Å². The van der Waals surface area contributed by atoms with E-state index in [1.54, 1.807) is 20.8 Å². The zero-order valence-electron chi connectivity index (χ0n) is 16.1. The van der Waals surface area contributed by atoms with Gasteiger partial charge in [0.1, 0.15) is 0 Å². The Morgan fingerprint density at radius 3 is 2.19 bits per heavy atom. The fraction of sp³-hybridized carbons (Fsp3) is 0.421. The van der Waals surface area contributed by atoms with Gasteiger partial charge in [0.05, 0.1) is 0 Å². The largest absolute Gasteiger partial charge is 0.438 e. The number of sulfonamides is 1. The first-order valence-corrected chi connectivity index (χ1v) is 10.8. The highest BCUT2D eigenvalue weighted by Gasteiger charge is 2.27. The Labute approximate surface area is 168 Å². The van der Waals surface area contributed by atoms with Crippen LogP contribution in [0, 0.1) is 0 Å². The minimum atomic E-state index is -3.82. The zero-order valence-corrected chi connectivity index (χ0v) is 18.5. The molecule has 6 nitrogen and oxygen atoms in total. The van der Waals surface area contributed by atoms with Crippen molar-refractivity contribution in [3.63, 3.8) is 0 Å². The summed E-state index contributed by atoms with van der Waals surface area (Å²) >= 11 is 3.40. The summed E-state index contributed by atoms with van der Waals surface area (Å²) in [5.74, 6) is -0.506. The molecule has 0 fully saturated rings. The molecule has 27 heavy (non-hydrogen) atoms. The van der Waals surface area contributed by atoms with Gasteiger partial charge in [0.15, 0.2) is 5.76 Å².